The molecule has 33 heavy (non-hydrogen) atoms. The maximum atomic E-state index is 12.9. The highest BCUT2D eigenvalue weighted by atomic mass is 32.2. The van der Waals surface area contributed by atoms with Gasteiger partial charge in [-0.25, -0.2) is 8.42 Å². The first kappa shape index (κ1) is 24.4. The minimum absolute atomic E-state index is 0.0661. The number of aryl methyl sites for hydroxylation is 1. The van der Waals surface area contributed by atoms with Gasteiger partial charge in [0.05, 0.1) is 5.92 Å². The summed E-state index contributed by atoms with van der Waals surface area (Å²) < 4.78 is 27.7. The van der Waals surface area contributed by atoms with Gasteiger partial charge in [-0.2, -0.15) is 4.31 Å². The monoisotopic (exact) mass is 489 g/mol. The minimum atomic E-state index is -3.53. The first-order chi connectivity index (χ1) is 15.8. The first-order valence-corrected chi connectivity index (χ1v) is 14.2. The van der Waals surface area contributed by atoms with E-state index in [1.54, 1.807) is 6.07 Å². The number of sulfonamides is 1. The van der Waals surface area contributed by atoms with Gasteiger partial charge in [0.1, 0.15) is 4.21 Å². The molecule has 8 heteroatoms. The van der Waals surface area contributed by atoms with Crippen molar-refractivity contribution >= 4 is 27.3 Å². The molecule has 0 bridgehead atoms. The van der Waals surface area contributed by atoms with Crippen LogP contribution in [-0.2, 0) is 27.9 Å². The lowest BCUT2D eigenvalue weighted by Gasteiger charge is -2.31. The van der Waals surface area contributed by atoms with Gasteiger partial charge in [0, 0.05) is 37.6 Å². The molecule has 2 aliphatic rings. The Labute approximate surface area is 202 Å². The Morgan fingerprint density at radius 3 is 2.45 bits per heavy atom. The zero-order chi connectivity index (χ0) is 23.4. The number of nitrogens with one attached hydrogen (secondary N) is 1. The van der Waals surface area contributed by atoms with Crippen LogP contribution in [0.1, 0.15) is 48.6 Å². The molecule has 3 heterocycles. The number of amides is 1. The molecule has 2 aromatic rings. The molecule has 2 saturated heterocycles. The molecule has 0 radical (unpaired) electrons. The number of rotatable bonds is 7. The lowest BCUT2D eigenvalue weighted by Crippen LogP contribution is -2.45. The van der Waals surface area contributed by atoms with Crippen LogP contribution in [0.4, 0.5) is 0 Å². The van der Waals surface area contributed by atoms with E-state index in [0.717, 1.165) is 29.4 Å². The van der Waals surface area contributed by atoms with Crippen molar-refractivity contribution in [2.45, 2.75) is 56.8 Å². The third kappa shape index (κ3) is 6.23. The second-order valence-corrected chi connectivity index (χ2v) is 13.0. The Morgan fingerprint density at radius 1 is 1.03 bits per heavy atom. The fourth-order valence-corrected chi connectivity index (χ4v) is 7.80. The summed E-state index contributed by atoms with van der Waals surface area (Å²) in [6, 6.07) is 12.0. The van der Waals surface area contributed by atoms with E-state index in [1.165, 1.54) is 40.6 Å². The van der Waals surface area contributed by atoms with Gasteiger partial charge >= 0.3 is 0 Å². The number of benzene rings is 1. The van der Waals surface area contributed by atoms with Crippen molar-refractivity contribution in [2.75, 3.05) is 26.2 Å². The van der Waals surface area contributed by atoms with Gasteiger partial charge in [0.2, 0.25) is 5.91 Å². The number of piperidine rings is 2. The van der Waals surface area contributed by atoms with Gasteiger partial charge in [0.25, 0.3) is 10.0 Å². The third-order valence-electron chi connectivity index (χ3n) is 6.70. The van der Waals surface area contributed by atoms with Crippen LogP contribution in [0.25, 0.3) is 0 Å². The Kier molecular flexibility index (Phi) is 7.89. The van der Waals surface area contributed by atoms with Gasteiger partial charge in [-0.15, -0.1) is 11.3 Å². The van der Waals surface area contributed by atoms with E-state index in [1.807, 2.05) is 13.0 Å². The molecule has 2 fully saturated rings. The molecule has 4 rings (SSSR count). The number of thiophene rings is 1. The summed E-state index contributed by atoms with van der Waals surface area (Å²) in [4.78, 5) is 16.3. The summed E-state index contributed by atoms with van der Waals surface area (Å²) >= 11 is 1.28. The highest BCUT2D eigenvalue weighted by molar-refractivity contribution is 7.91. The standard InChI is InChI=1S/C25H35N3O3S2/c1-19-5-3-13-27(16-19)17-22-10-8-21(9-11-22)15-26-25(29)23-6-4-14-28(18-23)33(30,31)24-12-7-20(2)32-24/h7-12,19,23H,3-6,13-18H2,1-2H3,(H,26,29). The maximum Gasteiger partial charge on any atom is 0.252 e. The molecule has 180 valence electrons. The topological polar surface area (TPSA) is 69.7 Å². The molecule has 0 saturated carbocycles. The van der Waals surface area contributed by atoms with E-state index in [2.05, 4.69) is 41.4 Å². The van der Waals surface area contributed by atoms with E-state index in [4.69, 9.17) is 0 Å². The normalized spacial score (nSPS) is 22.8. The van der Waals surface area contributed by atoms with Crippen molar-refractivity contribution in [1.82, 2.24) is 14.5 Å². The van der Waals surface area contributed by atoms with Crippen LogP contribution < -0.4 is 5.32 Å². The summed E-state index contributed by atoms with van der Waals surface area (Å²) in [5, 5.41) is 3.02. The Hall–Kier alpha value is -1.74. The van der Waals surface area contributed by atoms with Gasteiger partial charge in [-0.3, -0.25) is 9.69 Å². The van der Waals surface area contributed by atoms with E-state index >= 15 is 0 Å². The Morgan fingerprint density at radius 2 is 1.76 bits per heavy atom. The number of hydrogen-bond donors (Lipinski definition) is 1. The molecular weight excluding hydrogens is 454 g/mol. The van der Waals surface area contributed by atoms with Crippen LogP contribution in [0.15, 0.2) is 40.6 Å². The average molecular weight is 490 g/mol. The average Bonchev–Trinajstić information content (AvgIpc) is 3.26. The van der Waals surface area contributed by atoms with Crippen LogP contribution >= 0.6 is 11.3 Å². The van der Waals surface area contributed by atoms with Gasteiger partial charge < -0.3 is 5.32 Å². The van der Waals surface area contributed by atoms with Gasteiger partial charge in [-0.1, -0.05) is 31.2 Å². The number of nitrogens with zero attached hydrogens (tertiary/aromatic N) is 2. The number of likely N-dealkylation sites (tertiary alicyclic amines) is 1. The predicted octanol–water partition coefficient (Wildman–Crippen LogP) is 4.01. The molecule has 0 aliphatic carbocycles. The fraction of sp³-hybridized carbons (Fsp3) is 0.560. The maximum absolute atomic E-state index is 12.9. The molecule has 2 aliphatic heterocycles. The van der Waals surface area contributed by atoms with E-state index in [-0.39, 0.29) is 18.4 Å². The zero-order valence-electron chi connectivity index (χ0n) is 19.6. The van der Waals surface area contributed by atoms with Crippen molar-refractivity contribution in [3.63, 3.8) is 0 Å². The summed E-state index contributed by atoms with van der Waals surface area (Å²) in [6.07, 6.45) is 4.02. The predicted molar refractivity (Wildman–Crippen MR) is 133 cm³/mol. The molecule has 1 aromatic heterocycles. The summed E-state index contributed by atoms with van der Waals surface area (Å²) in [5.74, 6) is 0.395. The van der Waals surface area contributed by atoms with Crippen LogP contribution in [0.2, 0.25) is 0 Å². The summed E-state index contributed by atoms with van der Waals surface area (Å²) in [5.41, 5.74) is 2.37. The quantitative estimate of drug-likeness (QED) is 0.638. The van der Waals surface area contributed by atoms with E-state index in [0.29, 0.717) is 30.1 Å². The van der Waals surface area contributed by atoms with Crippen molar-refractivity contribution < 1.29 is 13.2 Å². The smallest absolute Gasteiger partial charge is 0.252 e. The Bertz CT molecular complexity index is 1050. The van der Waals surface area contributed by atoms with Crippen molar-refractivity contribution in [3.05, 3.63) is 52.4 Å². The number of carbonyl (C=O) groups is 1. The molecule has 1 N–H and O–H groups in total. The number of carbonyl (C=O) groups excluding carboxylic acids is 1. The van der Waals surface area contributed by atoms with Gasteiger partial charge in [0.15, 0.2) is 0 Å². The molecule has 1 aromatic carbocycles. The fourth-order valence-electron chi connectivity index (χ4n) is 4.84. The SMILES string of the molecule is Cc1ccc(S(=O)(=O)N2CCCC(C(=O)NCc3ccc(CN4CCCC(C)C4)cc3)C2)s1. The molecule has 1 amide bonds. The second-order valence-electron chi connectivity index (χ2n) is 9.58. The molecule has 2 atom stereocenters. The largest absolute Gasteiger partial charge is 0.352 e. The molecular formula is C25H35N3O3S2. The molecule has 2 unspecified atom stereocenters. The van der Waals surface area contributed by atoms with Crippen LogP contribution in [0.3, 0.4) is 0 Å². The van der Waals surface area contributed by atoms with E-state index < -0.39 is 10.0 Å². The lowest BCUT2D eigenvalue weighted by molar-refractivity contribution is -0.126. The lowest BCUT2D eigenvalue weighted by atomic mass is 9.98. The van der Waals surface area contributed by atoms with Crippen molar-refractivity contribution in [2.24, 2.45) is 11.8 Å². The Balaban J connectivity index is 1.28. The molecule has 6 nitrogen and oxygen atoms in total. The zero-order valence-corrected chi connectivity index (χ0v) is 21.3. The van der Waals surface area contributed by atoms with Crippen LogP contribution in [-0.4, -0.2) is 49.7 Å². The first-order valence-electron chi connectivity index (χ1n) is 12.0. The van der Waals surface area contributed by atoms with Crippen molar-refractivity contribution in [3.8, 4) is 0 Å². The van der Waals surface area contributed by atoms with Crippen LogP contribution in [0, 0.1) is 18.8 Å². The summed E-state index contributed by atoms with van der Waals surface area (Å²) in [6.45, 7) is 8.72. The minimum Gasteiger partial charge on any atom is -0.352 e. The van der Waals surface area contributed by atoms with Gasteiger partial charge in [-0.05, 0) is 68.3 Å². The van der Waals surface area contributed by atoms with Crippen LogP contribution in [0.5, 0.6) is 0 Å². The highest BCUT2D eigenvalue weighted by Crippen LogP contribution is 2.28. The highest BCUT2D eigenvalue weighted by Gasteiger charge is 2.33. The van der Waals surface area contributed by atoms with E-state index in [9.17, 15) is 13.2 Å². The van der Waals surface area contributed by atoms with Crippen molar-refractivity contribution in [1.29, 1.82) is 0 Å². The second kappa shape index (κ2) is 10.7. The third-order valence-corrected chi connectivity index (χ3v) is 10.0. The number of hydrogen-bond acceptors (Lipinski definition) is 5. The molecule has 0 spiro atoms. The summed E-state index contributed by atoms with van der Waals surface area (Å²) in [7, 11) is -3.53.